The van der Waals surface area contributed by atoms with E-state index >= 15 is 0 Å². The third kappa shape index (κ3) is 4.37. The Kier molecular flexibility index (Phi) is 5.99. The maximum absolute atomic E-state index is 12.3. The Morgan fingerprint density at radius 1 is 1.21 bits per heavy atom. The molecule has 2 aromatic carbocycles. The number of anilines is 1. The van der Waals surface area contributed by atoms with Gasteiger partial charge in [-0.25, -0.2) is 0 Å². The van der Waals surface area contributed by atoms with Crippen LogP contribution < -0.4 is 14.8 Å². The molecule has 1 N–H and O–H groups in total. The molecule has 0 heterocycles. The van der Waals surface area contributed by atoms with Gasteiger partial charge in [0.15, 0.2) is 0 Å². The van der Waals surface area contributed by atoms with Gasteiger partial charge >= 0.3 is 0 Å². The summed E-state index contributed by atoms with van der Waals surface area (Å²) in [6.07, 6.45) is 1.48. The maximum atomic E-state index is 12.3. The number of rotatable bonds is 5. The molecule has 0 bridgehead atoms. The van der Waals surface area contributed by atoms with Crippen molar-refractivity contribution in [3.8, 4) is 17.6 Å². The Morgan fingerprint density at radius 2 is 2.00 bits per heavy atom. The van der Waals surface area contributed by atoms with Crippen LogP contribution in [-0.2, 0) is 4.79 Å². The lowest BCUT2D eigenvalue weighted by atomic mass is 10.1. The van der Waals surface area contributed by atoms with Gasteiger partial charge in [0.05, 0.1) is 14.2 Å². The number of amides is 1. The van der Waals surface area contributed by atoms with Crippen LogP contribution in [0, 0.1) is 11.3 Å². The van der Waals surface area contributed by atoms with Gasteiger partial charge in [0.25, 0.3) is 5.91 Å². The van der Waals surface area contributed by atoms with Gasteiger partial charge in [0, 0.05) is 21.8 Å². The number of carbonyl (C=O) groups is 1. The first-order chi connectivity index (χ1) is 11.6. The number of hydrogen-bond donors (Lipinski definition) is 1. The average molecular weight is 387 g/mol. The Labute approximate surface area is 148 Å². The average Bonchev–Trinajstić information content (AvgIpc) is 2.59. The lowest BCUT2D eigenvalue weighted by Crippen LogP contribution is -2.13. The predicted molar refractivity (Wildman–Crippen MR) is 95.9 cm³/mol. The van der Waals surface area contributed by atoms with Crippen molar-refractivity contribution in [3.05, 3.63) is 58.1 Å². The molecule has 122 valence electrons. The number of nitriles is 1. The molecule has 0 aromatic heterocycles. The SMILES string of the molecule is COc1ccc(/C=C(/C#N)C(=O)Nc2cccc(Br)c2)c(OC)c1. The van der Waals surface area contributed by atoms with Gasteiger partial charge in [-0.05, 0) is 36.4 Å². The highest BCUT2D eigenvalue weighted by Crippen LogP contribution is 2.26. The number of methoxy groups -OCH3 is 2. The molecule has 0 saturated heterocycles. The zero-order valence-corrected chi connectivity index (χ0v) is 14.8. The van der Waals surface area contributed by atoms with E-state index < -0.39 is 5.91 Å². The van der Waals surface area contributed by atoms with Gasteiger partial charge in [-0.3, -0.25) is 4.79 Å². The van der Waals surface area contributed by atoms with E-state index in [1.54, 1.807) is 43.5 Å². The fourth-order valence-corrected chi connectivity index (χ4v) is 2.41. The van der Waals surface area contributed by atoms with Crippen LogP contribution >= 0.6 is 15.9 Å². The lowest BCUT2D eigenvalue weighted by Gasteiger charge is -2.08. The third-order valence-corrected chi connectivity index (χ3v) is 3.68. The number of hydrogen-bond acceptors (Lipinski definition) is 4. The van der Waals surface area contributed by atoms with Gasteiger partial charge in [-0.2, -0.15) is 5.26 Å². The summed E-state index contributed by atoms with van der Waals surface area (Å²) in [6.45, 7) is 0. The smallest absolute Gasteiger partial charge is 0.266 e. The number of ether oxygens (including phenoxy) is 2. The fraction of sp³-hybridized carbons (Fsp3) is 0.111. The number of nitrogens with zero attached hydrogens (tertiary/aromatic N) is 1. The van der Waals surface area contributed by atoms with Crippen molar-refractivity contribution in [1.82, 2.24) is 0 Å². The van der Waals surface area contributed by atoms with Crippen molar-refractivity contribution in [2.75, 3.05) is 19.5 Å². The topological polar surface area (TPSA) is 71.3 Å². The normalized spacial score (nSPS) is 10.7. The third-order valence-electron chi connectivity index (χ3n) is 3.19. The highest BCUT2D eigenvalue weighted by molar-refractivity contribution is 9.10. The van der Waals surface area contributed by atoms with Crippen LogP contribution in [0.15, 0.2) is 52.5 Å². The molecule has 2 aromatic rings. The Morgan fingerprint density at radius 3 is 2.62 bits per heavy atom. The Bertz CT molecular complexity index is 825. The van der Waals surface area contributed by atoms with Gasteiger partial charge < -0.3 is 14.8 Å². The summed E-state index contributed by atoms with van der Waals surface area (Å²) in [5, 5.41) is 12.0. The second-order valence-corrected chi connectivity index (χ2v) is 5.66. The Balaban J connectivity index is 2.29. The molecule has 2 rings (SSSR count). The second kappa shape index (κ2) is 8.18. The van der Waals surface area contributed by atoms with E-state index in [1.807, 2.05) is 12.1 Å². The monoisotopic (exact) mass is 386 g/mol. The molecule has 1 amide bonds. The van der Waals surface area contributed by atoms with Crippen LogP contribution in [-0.4, -0.2) is 20.1 Å². The molecule has 0 spiro atoms. The molecule has 24 heavy (non-hydrogen) atoms. The lowest BCUT2D eigenvalue weighted by molar-refractivity contribution is -0.112. The van der Waals surface area contributed by atoms with Crippen LogP contribution in [0.4, 0.5) is 5.69 Å². The van der Waals surface area contributed by atoms with E-state index in [0.29, 0.717) is 22.7 Å². The number of benzene rings is 2. The summed E-state index contributed by atoms with van der Waals surface area (Å²) >= 11 is 3.33. The molecule has 6 heteroatoms. The molecule has 0 unspecified atom stereocenters. The van der Waals surface area contributed by atoms with Crippen molar-refractivity contribution in [2.24, 2.45) is 0 Å². The van der Waals surface area contributed by atoms with E-state index in [1.165, 1.54) is 13.2 Å². The van der Waals surface area contributed by atoms with Gasteiger partial charge in [-0.15, -0.1) is 0 Å². The molecule has 0 atom stereocenters. The maximum Gasteiger partial charge on any atom is 0.266 e. The summed E-state index contributed by atoms with van der Waals surface area (Å²) in [5.41, 5.74) is 1.18. The first-order valence-electron chi connectivity index (χ1n) is 6.98. The molecular weight excluding hydrogens is 372 g/mol. The largest absolute Gasteiger partial charge is 0.497 e. The highest BCUT2D eigenvalue weighted by Gasteiger charge is 2.12. The van der Waals surface area contributed by atoms with E-state index in [-0.39, 0.29) is 5.57 Å². The standard InChI is InChI=1S/C18H15BrN2O3/c1-23-16-7-6-12(17(10-16)24-2)8-13(11-20)18(22)21-15-5-3-4-14(19)9-15/h3-10H,1-2H3,(H,21,22)/b13-8-. The zero-order valence-electron chi connectivity index (χ0n) is 13.2. The molecule has 0 aliphatic carbocycles. The predicted octanol–water partition coefficient (Wildman–Crippen LogP) is 4.01. The molecule has 5 nitrogen and oxygen atoms in total. The minimum absolute atomic E-state index is 0.0292. The first-order valence-corrected chi connectivity index (χ1v) is 7.77. The molecule has 0 aliphatic rings. The van der Waals surface area contributed by atoms with E-state index in [2.05, 4.69) is 21.2 Å². The second-order valence-electron chi connectivity index (χ2n) is 4.74. The number of halogens is 1. The number of carbonyl (C=O) groups excluding carboxylic acids is 1. The van der Waals surface area contributed by atoms with Gasteiger partial charge in [0.1, 0.15) is 23.1 Å². The van der Waals surface area contributed by atoms with Crippen molar-refractivity contribution in [1.29, 1.82) is 5.26 Å². The summed E-state index contributed by atoms with van der Waals surface area (Å²) < 4.78 is 11.2. The van der Waals surface area contributed by atoms with Crippen LogP contribution in [0.5, 0.6) is 11.5 Å². The van der Waals surface area contributed by atoms with Crippen molar-refractivity contribution >= 4 is 33.6 Å². The van der Waals surface area contributed by atoms with Crippen molar-refractivity contribution < 1.29 is 14.3 Å². The zero-order chi connectivity index (χ0) is 17.5. The summed E-state index contributed by atoms with van der Waals surface area (Å²) in [7, 11) is 3.07. The van der Waals surface area contributed by atoms with Crippen LogP contribution in [0.1, 0.15) is 5.56 Å². The summed E-state index contributed by atoms with van der Waals surface area (Å²) in [5.74, 6) is 0.645. The molecule has 0 fully saturated rings. The van der Waals surface area contributed by atoms with Crippen molar-refractivity contribution in [2.45, 2.75) is 0 Å². The van der Waals surface area contributed by atoms with Crippen molar-refractivity contribution in [3.63, 3.8) is 0 Å². The van der Waals surface area contributed by atoms with Gasteiger partial charge in [0.2, 0.25) is 0 Å². The summed E-state index contributed by atoms with van der Waals surface area (Å²) in [6, 6.07) is 14.2. The number of nitrogens with one attached hydrogen (secondary N) is 1. The molecular formula is C18H15BrN2O3. The van der Waals surface area contributed by atoms with Crippen LogP contribution in [0.2, 0.25) is 0 Å². The fourth-order valence-electron chi connectivity index (χ4n) is 2.01. The van der Waals surface area contributed by atoms with Crippen LogP contribution in [0.3, 0.4) is 0 Å². The molecule has 0 saturated carbocycles. The Hall–Kier alpha value is -2.78. The van der Waals surface area contributed by atoms with E-state index in [9.17, 15) is 10.1 Å². The quantitative estimate of drug-likeness (QED) is 0.622. The first kappa shape index (κ1) is 17.6. The highest BCUT2D eigenvalue weighted by atomic mass is 79.9. The minimum Gasteiger partial charge on any atom is -0.497 e. The van der Waals surface area contributed by atoms with E-state index in [0.717, 1.165) is 4.47 Å². The summed E-state index contributed by atoms with van der Waals surface area (Å²) in [4.78, 5) is 12.3. The molecule has 0 aliphatic heterocycles. The molecule has 0 radical (unpaired) electrons. The van der Waals surface area contributed by atoms with E-state index in [4.69, 9.17) is 9.47 Å². The minimum atomic E-state index is -0.492. The van der Waals surface area contributed by atoms with Gasteiger partial charge in [-0.1, -0.05) is 22.0 Å². The van der Waals surface area contributed by atoms with Crippen LogP contribution in [0.25, 0.3) is 6.08 Å².